The molecule has 2 aromatic carbocycles. The van der Waals surface area contributed by atoms with Gasteiger partial charge in [-0.05, 0) is 54.2 Å². The summed E-state index contributed by atoms with van der Waals surface area (Å²) in [7, 11) is 0. The van der Waals surface area contributed by atoms with E-state index in [4.69, 9.17) is 16.3 Å². The first-order chi connectivity index (χ1) is 13.2. The lowest BCUT2D eigenvalue weighted by Crippen LogP contribution is -2.27. The van der Waals surface area contributed by atoms with Gasteiger partial charge in [-0.2, -0.15) is 0 Å². The van der Waals surface area contributed by atoms with Gasteiger partial charge in [0.25, 0.3) is 0 Å². The summed E-state index contributed by atoms with van der Waals surface area (Å²) >= 11 is 6.17. The van der Waals surface area contributed by atoms with Gasteiger partial charge in [0.1, 0.15) is 5.75 Å². The molecule has 1 aliphatic heterocycles. The third kappa shape index (κ3) is 4.07. The van der Waals surface area contributed by atoms with Crippen molar-refractivity contribution in [2.24, 2.45) is 5.92 Å². The molecule has 4 nitrogen and oxygen atoms in total. The van der Waals surface area contributed by atoms with E-state index in [0.29, 0.717) is 17.3 Å². The minimum atomic E-state index is -0.488. The molecule has 0 radical (unpaired) electrons. The quantitative estimate of drug-likeness (QED) is 0.506. The number of hydrogen-bond donors (Lipinski definition) is 0. The monoisotopic (exact) mass is 399 g/mol. The summed E-state index contributed by atoms with van der Waals surface area (Å²) in [6.07, 6.45) is 1.17. The molecule has 0 bridgehead atoms. The first-order valence-corrected chi connectivity index (χ1v) is 9.98. The van der Waals surface area contributed by atoms with Gasteiger partial charge in [-0.1, -0.05) is 50.6 Å². The van der Waals surface area contributed by atoms with Crippen LogP contribution in [0.2, 0.25) is 5.02 Å². The van der Waals surface area contributed by atoms with E-state index in [0.717, 1.165) is 17.7 Å². The van der Waals surface area contributed by atoms with Gasteiger partial charge in [-0.15, -0.1) is 0 Å². The number of benzene rings is 2. The maximum Gasteiger partial charge on any atom is 0.316 e. The molecule has 2 aromatic rings. The van der Waals surface area contributed by atoms with Crippen LogP contribution in [0.25, 0.3) is 0 Å². The van der Waals surface area contributed by atoms with Crippen LogP contribution in [0.3, 0.4) is 0 Å². The molecule has 0 aliphatic carbocycles. The highest BCUT2D eigenvalue weighted by molar-refractivity contribution is 6.31. The number of esters is 1. The summed E-state index contributed by atoms with van der Waals surface area (Å²) in [5.74, 6) is -0.450. The van der Waals surface area contributed by atoms with Crippen molar-refractivity contribution < 1.29 is 14.3 Å². The number of carbonyl (C=O) groups is 2. The normalized spacial score (nSPS) is 17.1. The maximum atomic E-state index is 12.6. The molecule has 0 aromatic heterocycles. The Bertz CT molecular complexity index is 889. The number of hydrogen-bond acceptors (Lipinski definition) is 3. The fourth-order valence-electron chi connectivity index (χ4n) is 3.36. The van der Waals surface area contributed by atoms with E-state index in [1.54, 1.807) is 11.0 Å². The zero-order valence-electron chi connectivity index (χ0n) is 16.8. The summed E-state index contributed by atoms with van der Waals surface area (Å²) in [5.41, 5.74) is 2.86. The van der Waals surface area contributed by atoms with E-state index in [2.05, 4.69) is 20.8 Å². The highest BCUT2D eigenvalue weighted by Gasteiger charge is 2.37. The largest absolute Gasteiger partial charge is 0.426 e. The summed E-state index contributed by atoms with van der Waals surface area (Å²) in [6.45, 7) is 8.70. The standard InChI is InChI=1S/C23H26ClNO3/c1-5-23(3,4)17-9-11-18(12-10-17)28-22(27)16-13-21(26)25(14-16)20-8-6-7-19(24)15(20)2/h6-12,16H,5,13-14H2,1-4H3/t16-/m0/s1. The molecule has 3 rings (SSSR count). The Kier molecular flexibility index (Phi) is 5.80. The van der Waals surface area contributed by atoms with Crippen LogP contribution in [-0.2, 0) is 15.0 Å². The molecule has 148 valence electrons. The van der Waals surface area contributed by atoms with Crippen LogP contribution in [0.15, 0.2) is 42.5 Å². The minimum Gasteiger partial charge on any atom is -0.426 e. The maximum absolute atomic E-state index is 12.6. The van der Waals surface area contributed by atoms with Crippen LogP contribution in [0.4, 0.5) is 5.69 Å². The minimum absolute atomic E-state index is 0.0791. The van der Waals surface area contributed by atoms with Crippen molar-refractivity contribution in [3.05, 3.63) is 58.6 Å². The average Bonchev–Trinajstić information content (AvgIpc) is 3.06. The third-order valence-electron chi connectivity index (χ3n) is 5.73. The van der Waals surface area contributed by atoms with Gasteiger partial charge in [0.2, 0.25) is 5.91 Å². The Labute approximate surface area is 171 Å². The highest BCUT2D eigenvalue weighted by Crippen LogP contribution is 2.32. The molecular weight excluding hydrogens is 374 g/mol. The second-order valence-corrected chi connectivity index (χ2v) is 8.38. The van der Waals surface area contributed by atoms with E-state index in [9.17, 15) is 9.59 Å². The first kappa shape index (κ1) is 20.4. The first-order valence-electron chi connectivity index (χ1n) is 9.60. The van der Waals surface area contributed by atoms with Crippen molar-refractivity contribution in [1.29, 1.82) is 0 Å². The number of halogens is 1. The van der Waals surface area contributed by atoms with Crippen LogP contribution in [0.1, 0.15) is 44.7 Å². The average molecular weight is 400 g/mol. The van der Waals surface area contributed by atoms with Gasteiger partial charge in [-0.25, -0.2) is 0 Å². The molecular formula is C23H26ClNO3. The summed E-state index contributed by atoms with van der Waals surface area (Å²) < 4.78 is 5.54. The fourth-order valence-corrected chi connectivity index (χ4v) is 3.53. The topological polar surface area (TPSA) is 46.6 Å². The predicted molar refractivity (Wildman–Crippen MR) is 112 cm³/mol. The number of anilines is 1. The molecule has 0 saturated carbocycles. The molecule has 1 heterocycles. The Balaban J connectivity index is 1.69. The summed E-state index contributed by atoms with van der Waals surface area (Å²) in [6, 6.07) is 13.1. The Morgan fingerprint density at radius 1 is 1.21 bits per heavy atom. The summed E-state index contributed by atoms with van der Waals surface area (Å²) in [4.78, 5) is 26.7. The Morgan fingerprint density at radius 3 is 2.54 bits per heavy atom. The van der Waals surface area contributed by atoms with E-state index in [1.165, 1.54) is 5.56 Å². The second-order valence-electron chi connectivity index (χ2n) is 7.97. The van der Waals surface area contributed by atoms with Crippen LogP contribution >= 0.6 is 11.6 Å². The zero-order valence-corrected chi connectivity index (χ0v) is 17.5. The van der Waals surface area contributed by atoms with Crippen molar-refractivity contribution >= 4 is 29.2 Å². The number of ether oxygens (including phenoxy) is 1. The molecule has 0 unspecified atom stereocenters. The predicted octanol–water partition coefficient (Wildman–Crippen LogP) is 5.29. The van der Waals surface area contributed by atoms with Crippen molar-refractivity contribution in [2.45, 2.75) is 46.0 Å². The van der Waals surface area contributed by atoms with Crippen LogP contribution in [0, 0.1) is 12.8 Å². The van der Waals surface area contributed by atoms with Gasteiger partial charge >= 0.3 is 5.97 Å². The number of rotatable bonds is 5. The summed E-state index contributed by atoms with van der Waals surface area (Å²) in [5, 5.41) is 0.603. The van der Waals surface area contributed by atoms with Gasteiger partial charge < -0.3 is 9.64 Å². The Hall–Kier alpha value is -2.33. The molecule has 1 atom stereocenters. The number of nitrogens with zero attached hydrogens (tertiary/aromatic N) is 1. The second kappa shape index (κ2) is 7.96. The molecule has 5 heteroatoms. The van der Waals surface area contributed by atoms with Crippen LogP contribution < -0.4 is 9.64 Å². The molecule has 28 heavy (non-hydrogen) atoms. The highest BCUT2D eigenvalue weighted by atomic mass is 35.5. The van der Waals surface area contributed by atoms with Crippen molar-refractivity contribution in [3.8, 4) is 5.75 Å². The lowest BCUT2D eigenvalue weighted by molar-refractivity contribution is -0.139. The van der Waals surface area contributed by atoms with Crippen LogP contribution in [-0.4, -0.2) is 18.4 Å². The third-order valence-corrected chi connectivity index (χ3v) is 6.14. The van der Waals surface area contributed by atoms with E-state index >= 15 is 0 Å². The molecule has 1 amide bonds. The smallest absolute Gasteiger partial charge is 0.316 e. The lowest BCUT2D eigenvalue weighted by atomic mass is 9.82. The zero-order chi connectivity index (χ0) is 20.5. The van der Waals surface area contributed by atoms with Crippen molar-refractivity contribution in [1.82, 2.24) is 0 Å². The fraction of sp³-hybridized carbons (Fsp3) is 0.391. The van der Waals surface area contributed by atoms with Gasteiger partial charge in [-0.3, -0.25) is 9.59 Å². The number of amides is 1. The van der Waals surface area contributed by atoms with Gasteiger partial charge in [0.15, 0.2) is 0 Å². The van der Waals surface area contributed by atoms with Crippen molar-refractivity contribution in [3.63, 3.8) is 0 Å². The van der Waals surface area contributed by atoms with Gasteiger partial charge in [0.05, 0.1) is 5.92 Å². The Morgan fingerprint density at radius 2 is 1.89 bits per heavy atom. The molecule has 1 aliphatic rings. The van der Waals surface area contributed by atoms with Crippen LogP contribution in [0.5, 0.6) is 5.75 Å². The molecule has 1 fully saturated rings. The number of carbonyl (C=O) groups excluding carboxylic acids is 2. The molecule has 0 spiro atoms. The molecule has 0 N–H and O–H groups in total. The van der Waals surface area contributed by atoms with Gasteiger partial charge in [0, 0.05) is 23.7 Å². The van der Waals surface area contributed by atoms with E-state index < -0.39 is 5.92 Å². The molecule has 1 saturated heterocycles. The van der Waals surface area contributed by atoms with Crippen molar-refractivity contribution in [2.75, 3.05) is 11.4 Å². The van der Waals surface area contributed by atoms with E-state index in [-0.39, 0.29) is 23.7 Å². The van der Waals surface area contributed by atoms with E-state index in [1.807, 2.05) is 43.3 Å². The SMILES string of the molecule is CCC(C)(C)c1ccc(OC(=O)[C@H]2CC(=O)N(c3cccc(Cl)c3C)C2)cc1. The lowest BCUT2D eigenvalue weighted by Gasteiger charge is -2.23.